The number of rotatable bonds is 8. The number of nitrogen functional groups attached to an aromatic ring is 1. The lowest BCUT2D eigenvalue weighted by atomic mass is 10.2. The number of nitrogens with one attached hydrogen (secondary N) is 1. The van der Waals surface area contributed by atoms with E-state index < -0.39 is 11.7 Å². The predicted molar refractivity (Wildman–Crippen MR) is 79.0 cm³/mol. The van der Waals surface area contributed by atoms with Crippen molar-refractivity contribution in [1.82, 2.24) is 4.98 Å². The molecule has 0 fully saturated rings. The molecule has 0 atom stereocenters. The zero-order chi connectivity index (χ0) is 15.0. The molecular formula is C13H20F3N3S. The Kier molecular flexibility index (Phi) is 6.98. The molecule has 0 aliphatic heterocycles. The number of thioether (sulfide) groups is 1. The van der Waals surface area contributed by atoms with Crippen molar-refractivity contribution >= 4 is 23.4 Å². The average molecular weight is 307 g/mol. The molecule has 3 N–H and O–H groups in total. The summed E-state index contributed by atoms with van der Waals surface area (Å²) >= 11 is 1.82. The van der Waals surface area contributed by atoms with Gasteiger partial charge in [0.15, 0.2) is 0 Å². The normalized spacial score (nSPS) is 11.6. The van der Waals surface area contributed by atoms with E-state index in [2.05, 4.69) is 16.6 Å². The fourth-order valence-corrected chi connectivity index (χ4v) is 2.24. The Balaban J connectivity index is 2.39. The van der Waals surface area contributed by atoms with Gasteiger partial charge in [-0.25, -0.2) is 4.98 Å². The van der Waals surface area contributed by atoms with Gasteiger partial charge in [0.1, 0.15) is 11.6 Å². The Morgan fingerprint density at radius 3 is 2.55 bits per heavy atom. The smallest absolute Gasteiger partial charge is 0.384 e. The molecule has 0 saturated heterocycles. The van der Waals surface area contributed by atoms with Gasteiger partial charge in [0.25, 0.3) is 0 Å². The molecule has 114 valence electrons. The first-order chi connectivity index (χ1) is 9.43. The lowest BCUT2D eigenvalue weighted by molar-refractivity contribution is -0.137. The minimum Gasteiger partial charge on any atom is -0.384 e. The summed E-state index contributed by atoms with van der Waals surface area (Å²) in [5.41, 5.74) is 4.62. The molecule has 1 heterocycles. The summed E-state index contributed by atoms with van der Waals surface area (Å²) in [6.45, 7) is 0.604. The summed E-state index contributed by atoms with van der Waals surface area (Å²) in [7, 11) is 0. The minimum absolute atomic E-state index is 0.123. The Morgan fingerprint density at radius 1 is 1.20 bits per heavy atom. The second kappa shape index (κ2) is 8.24. The summed E-state index contributed by atoms with van der Waals surface area (Å²) in [4.78, 5) is 3.86. The van der Waals surface area contributed by atoms with Crippen LogP contribution < -0.4 is 11.1 Å². The first-order valence-electron chi connectivity index (χ1n) is 6.51. The maximum absolute atomic E-state index is 12.6. The van der Waals surface area contributed by atoms with E-state index in [1.54, 1.807) is 0 Å². The third-order valence-corrected chi connectivity index (χ3v) is 3.45. The molecule has 0 aromatic carbocycles. The van der Waals surface area contributed by atoms with E-state index in [1.165, 1.54) is 6.42 Å². The molecule has 0 unspecified atom stereocenters. The number of hydrogen-bond donors (Lipinski definition) is 2. The van der Waals surface area contributed by atoms with Crippen molar-refractivity contribution in [3.8, 4) is 0 Å². The van der Waals surface area contributed by atoms with Crippen LogP contribution in [0.1, 0.15) is 31.2 Å². The summed E-state index contributed by atoms with van der Waals surface area (Å²) in [6, 6.07) is 1.83. The van der Waals surface area contributed by atoms with Crippen LogP contribution in [-0.4, -0.2) is 23.5 Å². The number of unbranched alkanes of at least 4 members (excludes halogenated alkanes) is 3. The van der Waals surface area contributed by atoms with Crippen LogP contribution in [0.15, 0.2) is 12.1 Å². The number of alkyl halides is 3. The van der Waals surface area contributed by atoms with Gasteiger partial charge >= 0.3 is 6.18 Å². The molecule has 0 saturated carbocycles. The largest absolute Gasteiger partial charge is 0.416 e. The highest BCUT2D eigenvalue weighted by atomic mass is 32.2. The highest BCUT2D eigenvalue weighted by Gasteiger charge is 2.31. The number of aromatic nitrogens is 1. The molecule has 0 aliphatic carbocycles. The zero-order valence-corrected chi connectivity index (χ0v) is 12.3. The number of hydrogen-bond acceptors (Lipinski definition) is 4. The highest BCUT2D eigenvalue weighted by molar-refractivity contribution is 7.98. The van der Waals surface area contributed by atoms with Crippen molar-refractivity contribution in [2.24, 2.45) is 0 Å². The van der Waals surface area contributed by atoms with Gasteiger partial charge in [-0.3, -0.25) is 0 Å². The van der Waals surface area contributed by atoms with Crippen molar-refractivity contribution in [3.63, 3.8) is 0 Å². The SMILES string of the molecule is CSCCCCCCNc1cc(C(F)(F)F)cc(N)n1. The molecule has 1 rings (SSSR count). The Morgan fingerprint density at radius 2 is 1.90 bits per heavy atom. The van der Waals surface area contributed by atoms with E-state index in [4.69, 9.17) is 5.73 Å². The molecule has 0 aliphatic rings. The van der Waals surface area contributed by atoms with Crippen LogP contribution in [0, 0.1) is 0 Å². The van der Waals surface area contributed by atoms with Crippen molar-refractivity contribution in [3.05, 3.63) is 17.7 Å². The summed E-state index contributed by atoms with van der Waals surface area (Å²) in [5, 5.41) is 2.89. The number of anilines is 2. The second-order valence-electron chi connectivity index (χ2n) is 4.50. The summed E-state index contributed by atoms with van der Waals surface area (Å²) < 4.78 is 37.8. The first-order valence-corrected chi connectivity index (χ1v) is 7.90. The number of pyridine rings is 1. The van der Waals surface area contributed by atoms with Crippen molar-refractivity contribution in [2.75, 3.05) is 29.6 Å². The fourth-order valence-electron chi connectivity index (χ4n) is 1.75. The van der Waals surface area contributed by atoms with Crippen LogP contribution in [0.5, 0.6) is 0 Å². The number of nitrogens with two attached hydrogens (primary N) is 1. The van der Waals surface area contributed by atoms with Gasteiger partial charge in [0.05, 0.1) is 5.56 Å². The number of nitrogens with zero attached hydrogens (tertiary/aromatic N) is 1. The first kappa shape index (κ1) is 16.9. The molecule has 0 radical (unpaired) electrons. The van der Waals surface area contributed by atoms with Crippen LogP contribution in [-0.2, 0) is 6.18 Å². The molecule has 3 nitrogen and oxygen atoms in total. The van der Waals surface area contributed by atoms with E-state index >= 15 is 0 Å². The molecule has 1 aromatic heterocycles. The summed E-state index contributed by atoms with van der Waals surface area (Å²) in [6.07, 6.45) is 1.96. The molecule has 0 amide bonds. The standard InChI is InChI=1S/C13H20F3N3S/c1-20-7-5-3-2-4-6-18-12-9-10(13(14,15)16)8-11(17)19-12/h8-9H,2-7H2,1H3,(H3,17,18,19). The predicted octanol–water partition coefficient (Wildman–Crippen LogP) is 4.02. The van der Waals surface area contributed by atoms with Crippen LogP contribution in [0.2, 0.25) is 0 Å². The topological polar surface area (TPSA) is 50.9 Å². The van der Waals surface area contributed by atoms with Crippen LogP contribution >= 0.6 is 11.8 Å². The molecule has 1 aromatic rings. The van der Waals surface area contributed by atoms with Gasteiger partial charge in [0.2, 0.25) is 0 Å². The van der Waals surface area contributed by atoms with E-state index in [0.717, 1.165) is 37.1 Å². The molecule has 0 spiro atoms. The van der Waals surface area contributed by atoms with E-state index in [9.17, 15) is 13.2 Å². The quantitative estimate of drug-likeness (QED) is 0.712. The van der Waals surface area contributed by atoms with Crippen LogP contribution in [0.4, 0.5) is 24.8 Å². The van der Waals surface area contributed by atoms with Crippen molar-refractivity contribution < 1.29 is 13.2 Å². The van der Waals surface area contributed by atoms with E-state index in [0.29, 0.717) is 6.54 Å². The lowest BCUT2D eigenvalue weighted by Gasteiger charge is -2.11. The lowest BCUT2D eigenvalue weighted by Crippen LogP contribution is -2.10. The van der Waals surface area contributed by atoms with Gasteiger partial charge in [-0.2, -0.15) is 24.9 Å². The monoisotopic (exact) mass is 307 g/mol. The fraction of sp³-hybridized carbons (Fsp3) is 0.615. The van der Waals surface area contributed by atoms with Crippen LogP contribution in [0.3, 0.4) is 0 Å². The highest BCUT2D eigenvalue weighted by Crippen LogP contribution is 2.31. The molecule has 20 heavy (non-hydrogen) atoms. The third-order valence-electron chi connectivity index (χ3n) is 2.75. The van der Waals surface area contributed by atoms with Gasteiger partial charge in [-0.1, -0.05) is 12.8 Å². The molecular weight excluding hydrogens is 287 g/mol. The van der Waals surface area contributed by atoms with E-state index in [-0.39, 0.29) is 11.6 Å². The van der Waals surface area contributed by atoms with Gasteiger partial charge in [0, 0.05) is 6.54 Å². The average Bonchev–Trinajstić information content (AvgIpc) is 2.36. The van der Waals surface area contributed by atoms with Gasteiger partial charge in [-0.05, 0) is 37.0 Å². The molecule has 7 heteroatoms. The van der Waals surface area contributed by atoms with Crippen LogP contribution in [0.25, 0.3) is 0 Å². The number of halogens is 3. The van der Waals surface area contributed by atoms with E-state index in [1.807, 2.05) is 11.8 Å². The Labute approximate surface area is 121 Å². The van der Waals surface area contributed by atoms with Gasteiger partial charge in [-0.15, -0.1) is 0 Å². The van der Waals surface area contributed by atoms with Gasteiger partial charge < -0.3 is 11.1 Å². The zero-order valence-electron chi connectivity index (χ0n) is 11.5. The van der Waals surface area contributed by atoms with Crippen molar-refractivity contribution in [2.45, 2.75) is 31.9 Å². The molecule has 0 bridgehead atoms. The summed E-state index contributed by atoms with van der Waals surface area (Å²) in [5.74, 6) is 1.21. The minimum atomic E-state index is -4.40. The second-order valence-corrected chi connectivity index (χ2v) is 5.48. The van der Waals surface area contributed by atoms with Crippen molar-refractivity contribution in [1.29, 1.82) is 0 Å². The maximum atomic E-state index is 12.6. The Bertz CT molecular complexity index is 410. The third kappa shape index (κ3) is 6.36. The Hall–Kier alpha value is -1.11. The maximum Gasteiger partial charge on any atom is 0.416 e.